The summed E-state index contributed by atoms with van der Waals surface area (Å²) in [5.41, 5.74) is 6.05. The number of carbonyl (C=O) groups is 2. The van der Waals surface area contributed by atoms with Crippen LogP contribution >= 0.6 is 11.6 Å². The molecule has 8 rings (SSSR count). The Morgan fingerprint density at radius 3 is 1.48 bits per heavy atom. The largest absolute Gasteiger partial charge is 0.465 e. The molecule has 0 fully saturated rings. The van der Waals surface area contributed by atoms with Gasteiger partial charge in [0.15, 0.2) is 0 Å². The van der Waals surface area contributed by atoms with Crippen molar-refractivity contribution in [1.29, 1.82) is 0 Å². The molecule has 0 radical (unpaired) electrons. The predicted octanol–water partition coefficient (Wildman–Crippen LogP) is 9.93. The monoisotopic (exact) mass is 1060 g/mol. The van der Waals surface area contributed by atoms with Gasteiger partial charge >= 0.3 is 94.4 Å². The summed E-state index contributed by atoms with van der Waals surface area (Å²) in [5, 5.41) is 1.71. The standard InChI is InChI=1S/C23H20N2O4S.C16H14ClNO2S.C7H6NO2.CH4.3CH3.Sn/c1-16-8-9-22-18(12-16)14-20(15-19-13-17(10-11-24-19)23(26)29-2)25(22)30(27,28)21-6-4-3-5-7-21;1-12-7-8-16-13(9-12)10-14(11-17)18(16)21(19,20)15-5-3-2-4-6-15;1-10-7(9)6-2-4-8-5-3-6;;;;;/h3-14H,15H2,1-2H3;2-10H,11H2,1H3;2-4H,1H3;1H4;3*1H3;. The molecule has 0 saturated carbocycles. The van der Waals surface area contributed by atoms with Crippen LogP contribution in [0.3, 0.4) is 0 Å². The number of rotatable bonds is 10. The van der Waals surface area contributed by atoms with Gasteiger partial charge in [-0.2, -0.15) is 0 Å². The summed E-state index contributed by atoms with van der Waals surface area (Å²) in [6.07, 6.45) is 3.44. The van der Waals surface area contributed by atoms with Gasteiger partial charge in [-0.15, -0.1) is 11.6 Å². The van der Waals surface area contributed by atoms with E-state index in [0.717, 1.165) is 25.6 Å². The number of pyridine rings is 2. The second-order valence-electron chi connectivity index (χ2n) is 16.1. The molecule has 344 valence electrons. The number of hydrogen-bond donors (Lipinski definition) is 0. The Hall–Kier alpha value is -5.81. The molecule has 0 unspecified atom stereocenters. The zero-order chi connectivity index (χ0) is 47.1. The van der Waals surface area contributed by atoms with Crippen LogP contribution in [-0.2, 0) is 41.8 Å². The summed E-state index contributed by atoms with van der Waals surface area (Å²) >= 11 is 3.80. The smallest absolute Gasteiger partial charge is 0.337 e. The number of fused-ring (bicyclic) bond motifs is 2. The molecule has 0 aliphatic carbocycles. The number of halogens is 1. The van der Waals surface area contributed by atoms with E-state index in [-0.39, 0.29) is 35.5 Å². The number of ether oxygens (including phenoxy) is 2. The third-order valence-corrected chi connectivity index (χ3v) is 19.2. The van der Waals surface area contributed by atoms with E-state index in [2.05, 4.69) is 29.5 Å². The molecule has 4 aromatic carbocycles. The van der Waals surface area contributed by atoms with Gasteiger partial charge in [-0.25, -0.2) is 29.6 Å². The molecule has 0 saturated heterocycles. The van der Waals surface area contributed by atoms with E-state index in [1.54, 1.807) is 85.1 Å². The molecular weight excluding hydrogens is 1000 g/mol. The fraction of sp³-hybridized carbons (Fsp3) is 0.200. The number of benzene rings is 4. The topological polar surface area (TPSA) is 157 Å². The van der Waals surface area contributed by atoms with Crippen LogP contribution in [0.2, 0.25) is 14.8 Å². The second-order valence-corrected chi connectivity index (χ2v) is 34.2. The Kier molecular flexibility index (Phi) is 16.8. The Morgan fingerprint density at radius 2 is 1.03 bits per heavy atom. The Bertz CT molecular complexity index is 3220. The number of aryl methyl sites for hydroxylation is 2. The Morgan fingerprint density at radius 1 is 0.591 bits per heavy atom. The zero-order valence-corrected chi connectivity index (χ0v) is 42.3. The molecule has 0 aliphatic rings. The second kappa shape index (κ2) is 21.7. The fourth-order valence-corrected chi connectivity index (χ4v) is 13.4. The maximum absolute atomic E-state index is 13.5. The van der Waals surface area contributed by atoms with E-state index >= 15 is 0 Å². The van der Waals surface area contributed by atoms with E-state index in [9.17, 15) is 26.4 Å². The molecule has 0 spiro atoms. The van der Waals surface area contributed by atoms with Crippen molar-refractivity contribution in [1.82, 2.24) is 17.9 Å². The van der Waals surface area contributed by atoms with Crippen molar-refractivity contribution in [2.75, 3.05) is 14.2 Å². The third-order valence-electron chi connectivity index (χ3n) is 10.2. The first kappa shape index (κ1) is 51.2. The van der Waals surface area contributed by atoms with Crippen molar-refractivity contribution in [3.8, 4) is 0 Å². The number of esters is 2. The quantitative estimate of drug-likeness (QED) is 0.0734. The van der Waals surface area contributed by atoms with Crippen molar-refractivity contribution >= 4 is 87.5 Å². The summed E-state index contributed by atoms with van der Waals surface area (Å²) in [6, 6.07) is 38.5. The molecule has 0 N–H and O–H groups in total. The maximum Gasteiger partial charge on any atom is 0.337 e. The van der Waals surface area contributed by atoms with Gasteiger partial charge in [-0.1, -0.05) is 67.1 Å². The van der Waals surface area contributed by atoms with Crippen LogP contribution < -0.4 is 3.71 Å². The first-order valence-corrected chi connectivity index (χ1v) is 33.8. The first-order chi connectivity index (χ1) is 30.9. The molecule has 4 aromatic heterocycles. The number of nitrogens with zero attached hydrogens (tertiary/aromatic N) is 4. The maximum atomic E-state index is 13.5. The normalized spacial score (nSPS) is 11.4. The SMILES string of the molecule is C.COC(=O)c1ccn[c]([Sn]([CH3])([CH3])[CH3])c1.COC(=O)c1ccnc(Cc2cc3cc(C)ccc3n2S(=O)(=O)c2ccccc2)c1.Cc1ccc2c(c1)cc(CCl)n2S(=O)(=O)c1ccccc1. The number of alkyl halides is 1. The molecule has 16 heteroatoms. The fourth-order valence-electron chi connectivity index (χ4n) is 7.00. The zero-order valence-electron chi connectivity index (χ0n) is 37.0. The van der Waals surface area contributed by atoms with Crippen LogP contribution in [0.5, 0.6) is 0 Å². The van der Waals surface area contributed by atoms with Gasteiger partial charge in [0, 0.05) is 34.8 Å². The molecule has 0 amide bonds. The van der Waals surface area contributed by atoms with E-state index < -0.39 is 44.4 Å². The van der Waals surface area contributed by atoms with Gasteiger partial charge in [0.2, 0.25) is 0 Å². The van der Waals surface area contributed by atoms with Gasteiger partial charge in [0.25, 0.3) is 20.0 Å². The van der Waals surface area contributed by atoms with Gasteiger partial charge in [0.1, 0.15) is 0 Å². The minimum Gasteiger partial charge on any atom is -0.465 e. The van der Waals surface area contributed by atoms with E-state index in [1.165, 1.54) is 28.4 Å². The first-order valence-electron chi connectivity index (χ1n) is 20.4. The van der Waals surface area contributed by atoms with Crippen molar-refractivity contribution in [2.24, 2.45) is 0 Å². The summed E-state index contributed by atoms with van der Waals surface area (Å²) in [7, 11) is -4.76. The molecule has 0 bridgehead atoms. The van der Waals surface area contributed by atoms with Crippen molar-refractivity contribution in [3.63, 3.8) is 0 Å². The minimum absolute atomic E-state index is 0. The third kappa shape index (κ3) is 11.6. The van der Waals surface area contributed by atoms with Crippen LogP contribution in [0, 0.1) is 13.8 Å². The van der Waals surface area contributed by atoms with Crippen LogP contribution in [0.25, 0.3) is 21.8 Å². The minimum atomic E-state index is -3.82. The van der Waals surface area contributed by atoms with Gasteiger partial charge in [-0.05, 0) is 86.6 Å². The summed E-state index contributed by atoms with van der Waals surface area (Å²) in [4.78, 5) is 39.0. The number of carbonyl (C=O) groups excluding carboxylic acids is 2. The summed E-state index contributed by atoms with van der Waals surface area (Å²) in [5.74, 6) is -0.615. The van der Waals surface area contributed by atoms with Crippen LogP contribution in [0.4, 0.5) is 0 Å². The van der Waals surface area contributed by atoms with Gasteiger partial charge < -0.3 is 4.74 Å². The van der Waals surface area contributed by atoms with Crippen molar-refractivity contribution < 1.29 is 35.9 Å². The molecule has 12 nitrogen and oxygen atoms in total. The molecular formula is C50H53ClN4O8S2Sn. The van der Waals surface area contributed by atoms with Crippen LogP contribution in [-0.4, -0.2) is 79.3 Å². The number of aromatic nitrogens is 4. The van der Waals surface area contributed by atoms with Crippen LogP contribution in [0.15, 0.2) is 156 Å². The number of hydrogen-bond acceptors (Lipinski definition) is 10. The Labute approximate surface area is 396 Å². The Balaban J connectivity index is 0.000000198. The van der Waals surface area contributed by atoms with Gasteiger partial charge in [0.05, 0.1) is 45.1 Å². The van der Waals surface area contributed by atoms with E-state index in [0.29, 0.717) is 39.2 Å². The predicted molar refractivity (Wildman–Crippen MR) is 265 cm³/mol. The molecule has 0 aliphatic heterocycles. The molecule has 4 heterocycles. The molecule has 0 atom stereocenters. The van der Waals surface area contributed by atoms with E-state index in [4.69, 9.17) is 16.3 Å². The average Bonchev–Trinajstić information content (AvgIpc) is 3.87. The number of methoxy groups -OCH3 is 2. The summed E-state index contributed by atoms with van der Waals surface area (Å²) < 4.78 is 66.0. The summed E-state index contributed by atoms with van der Waals surface area (Å²) in [6.45, 7) is 3.94. The molecule has 66 heavy (non-hydrogen) atoms. The van der Waals surface area contributed by atoms with E-state index in [1.807, 2.05) is 68.4 Å². The van der Waals surface area contributed by atoms with Gasteiger partial charge in [-0.3, -0.25) is 4.98 Å². The average molecular weight is 1060 g/mol. The molecule has 8 aromatic rings. The van der Waals surface area contributed by atoms with Crippen molar-refractivity contribution in [3.05, 3.63) is 185 Å². The van der Waals surface area contributed by atoms with Crippen molar-refractivity contribution in [2.45, 2.75) is 58.2 Å². The van der Waals surface area contributed by atoms with Crippen LogP contribution in [0.1, 0.15) is 56.4 Å².